The lowest BCUT2D eigenvalue weighted by Crippen LogP contribution is -2.30. The largest absolute Gasteiger partial charge is 0.467 e. The summed E-state index contributed by atoms with van der Waals surface area (Å²) < 4.78 is 5.33. The van der Waals surface area contributed by atoms with Crippen LogP contribution >= 0.6 is 0 Å². The summed E-state index contributed by atoms with van der Waals surface area (Å²) in [5.74, 6) is 0.683. The van der Waals surface area contributed by atoms with Gasteiger partial charge in [0.15, 0.2) is 0 Å². The van der Waals surface area contributed by atoms with E-state index in [0.29, 0.717) is 18.7 Å². The predicted molar refractivity (Wildman–Crippen MR) is 133 cm³/mol. The van der Waals surface area contributed by atoms with Crippen LogP contribution in [0.15, 0.2) is 102 Å². The standard InChI is InChI=1S/C29H28N2O3/c1-22-8-6-9-24(18-22)20-31(29(33)25-10-4-3-5-11-25)26-15-13-23(14-16-26)19-28(32)30(2)21-27-12-7-17-34-27/h3-18H,19-21H2,1-2H3. The van der Waals surface area contributed by atoms with Crippen molar-refractivity contribution in [2.75, 3.05) is 11.9 Å². The van der Waals surface area contributed by atoms with Crippen LogP contribution in [0.5, 0.6) is 0 Å². The molecule has 34 heavy (non-hydrogen) atoms. The number of benzene rings is 3. The van der Waals surface area contributed by atoms with Crippen molar-refractivity contribution in [2.24, 2.45) is 0 Å². The second-order valence-corrected chi connectivity index (χ2v) is 8.42. The van der Waals surface area contributed by atoms with Crippen molar-refractivity contribution in [3.63, 3.8) is 0 Å². The molecular weight excluding hydrogens is 424 g/mol. The minimum absolute atomic E-state index is 0.00105. The summed E-state index contributed by atoms with van der Waals surface area (Å²) in [5, 5.41) is 0. The van der Waals surface area contributed by atoms with E-state index in [1.165, 1.54) is 0 Å². The van der Waals surface area contributed by atoms with Crippen LogP contribution in [0.3, 0.4) is 0 Å². The van der Waals surface area contributed by atoms with Gasteiger partial charge in [-0.2, -0.15) is 0 Å². The van der Waals surface area contributed by atoms with Gasteiger partial charge in [0.1, 0.15) is 5.76 Å². The molecule has 4 aromatic rings. The summed E-state index contributed by atoms with van der Waals surface area (Å²) in [6.45, 7) is 2.93. The fourth-order valence-electron chi connectivity index (χ4n) is 3.84. The predicted octanol–water partition coefficient (Wildman–Crippen LogP) is 5.64. The van der Waals surface area contributed by atoms with E-state index in [4.69, 9.17) is 4.42 Å². The Labute approximate surface area is 200 Å². The first-order valence-electron chi connectivity index (χ1n) is 11.3. The minimum Gasteiger partial charge on any atom is -0.467 e. The molecule has 0 atom stereocenters. The summed E-state index contributed by atoms with van der Waals surface area (Å²) in [5.41, 5.74) is 4.52. The number of rotatable bonds is 8. The summed E-state index contributed by atoms with van der Waals surface area (Å²) in [6, 6.07) is 28.8. The van der Waals surface area contributed by atoms with Gasteiger partial charge in [-0.05, 0) is 54.4 Å². The monoisotopic (exact) mass is 452 g/mol. The molecule has 4 rings (SSSR count). The van der Waals surface area contributed by atoms with E-state index in [1.54, 1.807) is 23.1 Å². The van der Waals surface area contributed by atoms with Gasteiger partial charge >= 0.3 is 0 Å². The number of likely N-dealkylation sites (N-methyl/N-ethyl adjacent to an activating group) is 1. The van der Waals surface area contributed by atoms with E-state index in [-0.39, 0.29) is 18.2 Å². The van der Waals surface area contributed by atoms with Gasteiger partial charge in [0.2, 0.25) is 5.91 Å². The molecule has 0 bridgehead atoms. The third kappa shape index (κ3) is 5.81. The molecule has 0 aliphatic heterocycles. The van der Waals surface area contributed by atoms with Crippen LogP contribution in [0, 0.1) is 6.92 Å². The first-order valence-corrected chi connectivity index (χ1v) is 11.3. The SMILES string of the molecule is Cc1cccc(CN(C(=O)c2ccccc2)c2ccc(CC(=O)N(C)Cc3ccco3)cc2)c1. The lowest BCUT2D eigenvalue weighted by atomic mass is 10.1. The van der Waals surface area contributed by atoms with Gasteiger partial charge in [-0.25, -0.2) is 0 Å². The van der Waals surface area contributed by atoms with Crippen molar-refractivity contribution in [2.45, 2.75) is 26.4 Å². The number of furan rings is 1. The zero-order chi connectivity index (χ0) is 23.9. The molecule has 3 aromatic carbocycles. The second kappa shape index (κ2) is 10.7. The van der Waals surface area contributed by atoms with E-state index in [1.807, 2.05) is 91.9 Å². The van der Waals surface area contributed by atoms with E-state index >= 15 is 0 Å². The van der Waals surface area contributed by atoms with E-state index < -0.39 is 0 Å². The van der Waals surface area contributed by atoms with Gasteiger partial charge in [0.25, 0.3) is 5.91 Å². The number of carbonyl (C=O) groups is 2. The van der Waals surface area contributed by atoms with Crippen LogP contribution in [0.4, 0.5) is 5.69 Å². The lowest BCUT2D eigenvalue weighted by Gasteiger charge is -2.24. The van der Waals surface area contributed by atoms with Gasteiger partial charge in [-0.15, -0.1) is 0 Å². The third-order valence-corrected chi connectivity index (χ3v) is 5.69. The number of hydrogen-bond acceptors (Lipinski definition) is 3. The molecular formula is C29H28N2O3. The minimum atomic E-state index is -0.0656. The molecule has 5 heteroatoms. The molecule has 0 saturated carbocycles. The van der Waals surface area contributed by atoms with Crippen molar-refractivity contribution in [3.05, 3.63) is 125 Å². The molecule has 0 spiro atoms. The molecule has 0 aliphatic carbocycles. The second-order valence-electron chi connectivity index (χ2n) is 8.42. The highest BCUT2D eigenvalue weighted by atomic mass is 16.3. The van der Waals surface area contributed by atoms with E-state index in [2.05, 4.69) is 6.07 Å². The maximum absolute atomic E-state index is 13.4. The molecule has 1 heterocycles. The van der Waals surface area contributed by atoms with Crippen molar-refractivity contribution >= 4 is 17.5 Å². The van der Waals surface area contributed by atoms with E-state index in [0.717, 1.165) is 28.1 Å². The molecule has 0 unspecified atom stereocenters. The van der Waals surface area contributed by atoms with Crippen molar-refractivity contribution < 1.29 is 14.0 Å². The van der Waals surface area contributed by atoms with Crippen LogP contribution < -0.4 is 4.90 Å². The number of amides is 2. The molecule has 0 aliphatic rings. The first kappa shape index (κ1) is 23.1. The Morgan fingerprint density at radius 1 is 0.794 bits per heavy atom. The Hall–Kier alpha value is -4.12. The highest BCUT2D eigenvalue weighted by Crippen LogP contribution is 2.22. The molecule has 1 aromatic heterocycles. The van der Waals surface area contributed by atoms with Crippen molar-refractivity contribution in [1.82, 2.24) is 4.90 Å². The Morgan fingerprint density at radius 3 is 2.24 bits per heavy atom. The summed E-state index contributed by atoms with van der Waals surface area (Å²) in [7, 11) is 1.77. The topological polar surface area (TPSA) is 53.8 Å². The highest BCUT2D eigenvalue weighted by Gasteiger charge is 2.19. The maximum atomic E-state index is 13.4. The third-order valence-electron chi connectivity index (χ3n) is 5.69. The first-order chi connectivity index (χ1) is 16.5. The van der Waals surface area contributed by atoms with Crippen LogP contribution in [-0.4, -0.2) is 23.8 Å². The molecule has 0 N–H and O–H groups in total. The molecule has 0 fully saturated rings. The molecule has 172 valence electrons. The lowest BCUT2D eigenvalue weighted by molar-refractivity contribution is -0.129. The van der Waals surface area contributed by atoms with Gasteiger partial charge in [-0.1, -0.05) is 60.2 Å². The fraction of sp³-hybridized carbons (Fsp3) is 0.172. The molecule has 5 nitrogen and oxygen atoms in total. The Morgan fingerprint density at radius 2 is 1.56 bits per heavy atom. The smallest absolute Gasteiger partial charge is 0.258 e. The summed E-state index contributed by atoms with van der Waals surface area (Å²) in [4.78, 5) is 29.5. The zero-order valence-electron chi connectivity index (χ0n) is 19.5. The highest BCUT2D eigenvalue weighted by molar-refractivity contribution is 6.06. The molecule has 0 saturated heterocycles. The van der Waals surface area contributed by atoms with Gasteiger partial charge in [0.05, 0.1) is 25.8 Å². The van der Waals surface area contributed by atoms with Gasteiger partial charge in [-0.3, -0.25) is 9.59 Å². The number of aryl methyl sites for hydroxylation is 1. The Kier molecular flexibility index (Phi) is 7.23. The zero-order valence-corrected chi connectivity index (χ0v) is 19.5. The quantitative estimate of drug-likeness (QED) is 0.348. The number of nitrogens with zero attached hydrogens (tertiary/aromatic N) is 2. The van der Waals surface area contributed by atoms with Crippen molar-refractivity contribution in [3.8, 4) is 0 Å². The van der Waals surface area contributed by atoms with Crippen molar-refractivity contribution in [1.29, 1.82) is 0 Å². The molecule has 2 amide bonds. The molecule has 0 radical (unpaired) electrons. The van der Waals surface area contributed by atoms with Crippen LogP contribution in [-0.2, 0) is 24.3 Å². The maximum Gasteiger partial charge on any atom is 0.258 e. The Balaban J connectivity index is 1.52. The van der Waals surface area contributed by atoms with Gasteiger partial charge in [0, 0.05) is 18.3 Å². The van der Waals surface area contributed by atoms with Gasteiger partial charge < -0.3 is 14.2 Å². The van der Waals surface area contributed by atoms with Crippen LogP contribution in [0.2, 0.25) is 0 Å². The van der Waals surface area contributed by atoms with E-state index in [9.17, 15) is 9.59 Å². The van der Waals surface area contributed by atoms with Crippen LogP contribution in [0.1, 0.15) is 32.8 Å². The average molecular weight is 453 g/mol. The summed E-state index contributed by atoms with van der Waals surface area (Å²) in [6.07, 6.45) is 1.88. The average Bonchev–Trinajstić information content (AvgIpc) is 3.36. The van der Waals surface area contributed by atoms with Crippen LogP contribution in [0.25, 0.3) is 0 Å². The number of carbonyl (C=O) groups excluding carboxylic acids is 2. The summed E-state index contributed by atoms with van der Waals surface area (Å²) >= 11 is 0. The Bertz CT molecular complexity index is 1230. The fourth-order valence-corrected chi connectivity index (χ4v) is 3.84. The number of anilines is 1. The number of hydrogen-bond donors (Lipinski definition) is 0. The normalized spacial score (nSPS) is 10.6.